The summed E-state index contributed by atoms with van der Waals surface area (Å²) in [6, 6.07) is 5.49. The maximum absolute atomic E-state index is 11.2. The summed E-state index contributed by atoms with van der Waals surface area (Å²) in [6.45, 7) is 0. The molecular formula is C13H11INO2-. The van der Waals surface area contributed by atoms with Crippen molar-refractivity contribution in [3.05, 3.63) is 39.5 Å². The van der Waals surface area contributed by atoms with Gasteiger partial charge in [0.1, 0.15) is 0 Å². The van der Waals surface area contributed by atoms with E-state index in [-0.39, 0.29) is 11.8 Å². The van der Waals surface area contributed by atoms with Gasteiger partial charge in [0.05, 0.1) is 17.7 Å². The predicted molar refractivity (Wildman–Crippen MR) is 71.6 cm³/mol. The second-order valence-corrected chi connectivity index (χ2v) is 5.66. The molecule has 0 saturated carbocycles. The van der Waals surface area contributed by atoms with Crippen LogP contribution in [0.1, 0.15) is 17.9 Å². The number of hydrogen-bond acceptors (Lipinski definition) is 3. The first-order valence-corrected chi connectivity index (χ1v) is 6.69. The first-order chi connectivity index (χ1) is 8.18. The average Bonchev–Trinajstić information content (AvgIpc) is 2.77. The molecule has 0 amide bonds. The summed E-state index contributed by atoms with van der Waals surface area (Å²) in [4.78, 5) is 11.2. The van der Waals surface area contributed by atoms with Crippen LogP contribution in [0, 0.1) is 9.49 Å². The van der Waals surface area contributed by atoms with Crippen molar-refractivity contribution in [3.8, 4) is 0 Å². The lowest BCUT2D eigenvalue weighted by Crippen LogP contribution is -2.49. The fourth-order valence-electron chi connectivity index (χ4n) is 2.82. The lowest BCUT2D eigenvalue weighted by molar-refractivity contribution is -0.308. The van der Waals surface area contributed by atoms with Crippen LogP contribution in [-0.2, 0) is 4.79 Å². The van der Waals surface area contributed by atoms with Gasteiger partial charge in [-0.2, -0.15) is 0 Å². The maximum atomic E-state index is 11.2. The summed E-state index contributed by atoms with van der Waals surface area (Å²) >= 11 is 2.23. The van der Waals surface area contributed by atoms with Crippen LogP contribution in [0.5, 0.6) is 0 Å². The molecule has 4 heteroatoms. The minimum Gasteiger partial charge on any atom is -0.548 e. The standard InChI is InChI=1S/C13H12INO2/c14-10-6-2-5-8-7-3-1-4-9(7)12(13(16)17)15-11(8)10/h1-3,5-7,9,12,15H,4H2,(H,16,17)/p-1/t7-,9+,12-/m0/s1. The van der Waals surface area contributed by atoms with Crippen molar-refractivity contribution in [2.75, 3.05) is 5.32 Å². The molecule has 0 aromatic heterocycles. The molecule has 2 aliphatic rings. The molecule has 17 heavy (non-hydrogen) atoms. The lowest BCUT2D eigenvalue weighted by atomic mass is 9.79. The summed E-state index contributed by atoms with van der Waals surface area (Å²) in [5, 5.41) is 14.3. The van der Waals surface area contributed by atoms with Crippen LogP contribution in [-0.4, -0.2) is 12.0 Å². The number of carbonyl (C=O) groups excluding carboxylic acids is 1. The van der Waals surface area contributed by atoms with Gasteiger partial charge in [-0.05, 0) is 46.6 Å². The molecular weight excluding hydrogens is 329 g/mol. The number of carboxylic acid groups (broad SMARTS) is 1. The minimum absolute atomic E-state index is 0.0886. The summed E-state index contributed by atoms with van der Waals surface area (Å²) in [7, 11) is 0. The van der Waals surface area contributed by atoms with Gasteiger partial charge >= 0.3 is 0 Å². The van der Waals surface area contributed by atoms with Crippen molar-refractivity contribution in [3.63, 3.8) is 0 Å². The molecule has 1 aromatic rings. The Morgan fingerprint density at radius 2 is 2.29 bits per heavy atom. The Morgan fingerprint density at radius 1 is 1.47 bits per heavy atom. The molecule has 0 radical (unpaired) electrons. The Kier molecular flexibility index (Phi) is 2.61. The molecule has 0 bridgehead atoms. The molecule has 0 spiro atoms. The monoisotopic (exact) mass is 340 g/mol. The highest BCUT2D eigenvalue weighted by Crippen LogP contribution is 2.45. The molecule has 1 heterocycles. The van der Waals surface area contributed by atoms with E-state index in [1.165, 1.54) is 5.56 Å². The molecule has 3 rings (SSSR count). The smallest absolute Gasteiger partial charge is 0.0698 e. The molecule has 3 atom stereocenters. The third-order valence-electron chi connectivity index (χ3n) is 3.60. The molecule has 1 aliphatic carbocycles. The number of benzene rings is 1. The van der Waals surface area contributed by atoms with E-state index in [4.69, 9.17) is 0 Å². The highest BCUT2D eigenvalue weighted by atomic mass is 127. The summed E-state index contributed by atoms with van der Waals surface area (Å²) in [5.74, 6) is -0.705. The van der Waals surface area contributed by atoms with E-state index in [1.807, 2.05) is 12.1 Å². The van der Waals surface area contributed by atoms with E-state index in [1.54, 1.807) is 0 Å². The number of carbonyl (C=O) groups is 1. The maximum Gasteiger partial charge on any atom is 0.0698 e. The van der Waals surface area contributed by atoms with Crippen LogP contribution >= 0.6 is 22.6 Å². The van der Waals surface area contributed by atoms with E-state index in [2.05, 4.69) is 46.1 Å². The van der Waals surface area contributed by atoms with Gasteiger partial charge in [0.15, 0.2) is 0 Å². The average molecular weight is 340 g/mol. The number of anilines is 1. The number of allylic oxidation sites excluding steroid dienone is 2. The van der Waals surface area contributed by atoms with E-state index < -0.39 is 12.0 Å². The molecule has 0 fully saturated rings. The summed E-state index contributed by atoms with van der Waals surface area (Å²) in [5.41, 5.74) is 2.16. The molecule has 1 N–H and O–H groups in total. The first-order valence-electron chi connectivity index (χ1n) is 5.61. The van der Waals surface area contributed by atoms with Gasteiger partial charge in [0, 0.05) is 9.49 Å². The van der Waals surface area contributed by atoms with Gasteiger partial charge in [-0.3, -0.25) is 0 Å². The molecule has 0 saturated heterocycles. The van der Waals surface area contributed by atoms with Crippen LogP contribution in [0.3, 0.4) is 0 Å². The SMILES string of the molecule is O=C([O-])[C@H]1Nc2c(I)cccc2[C@@H]2C=CC[C@@H]12. The van der Waals surface area contributed by atoms with E-state index in [0.717, 1.165) is 15.7 Å². The fourth-order valence-corrected chi connectivity index (χ4v) is 3.49. The third-order valence-corrected chi connectivity index (χ3v) is 4.50. The highest BCUT2D eigenvalue weighted by Gasteiger charge is 2.38. The molecule has 3 nitrogen and oxygen atoms in total. The minimum atomic E-state index is -1.01. The molecule has 0 unspecified atom stereocenters. The Balaban J connectivity index is 2.12. The number of rotatable bonds is 1. The Labute approximate surface area is 113 Å². The van der Waals surface area contributed by atoms with Gasteiger partial charge in [0.25, 0.3) is 0 Å². The predicted octanol–water partition coefficient (Wildman–Crippen LogP) is 1.49. The van der Waals surface area contributed by atoms with Gasteiger partial charge in [0.2, 0.25) is 0 Å². The third kappa shape index (κ3) is 1.66. The quantitative estimate of drug-likeness (QED) is 0.623. The topological polar surface area (TPSA) is 52.2 Å². The number of aliphatic carboxylic acids is 1. The zero-order valence-corrected chi connectivity index (χ0v) is 11.2. The van der Waals surface area contributed by atoms with Crippen LogP contribution in [0.2, 0.25) is 0 Å². The number of para-hydroxylation sites is 1. The van der Waals surface area contributed by atoms with Gasteiger partial charge in [-0.15, -0.1) is 0 Å². The number of fused-ring (bicyclic) bond motifs is 3. The van der Waals surface area contributed by atoms with Gasteiger partial charge in [-0.1, -0.05) is 24.3 Å². The van der Waals surface area contributed by atoms with Gasteiger partial charge in [-0.25, -0.2) is 0 Å². The number of carboxylic acids is 1. The van der Waals surface area contributed by atoms with E-state index >= 15 is 0 Å². The van der Waals surface area contributed by atoms with Crippen LogP contribution in [0.15, 0.2) is 30.4 Å². The number of halogens is 1. The van der Waals surface area contributed by atoms with Crippen LogP contribution < -0.4 is 10.4 Å². The molecule has 1 aliphatic heterocycles. The second-order valence-electron chi connectivity index (χ2n) is 4.50. The largest absolute Gasteiger partial charge is 0.548 e. The first kappa shape index (κ1) is 11.1. The van der Waals surface area contributed by atoms with Crippen LogP contribution in [0.4, 0.5) is 5.69 Å². The number of nitrogens with one attached hydrogen (secondary N) is 1. The molecule has 88 valence electrons. The summed E-state index contributed by atoms with van der Waals surface area (Å²) in [6.07, 6.45) is 5.00. The number of hydrogen-bond donors (Lipinski definition) is 1. The lowest BCUT2D eigenvalue weighted by Gasteiger charge is -2.38. The molecule has 1 aromatic carbocycles. The zero-order valence-electron chi connectivity index (χ0n) is 9.02. The van der Waals surface area contributed by atoms with Crippen molar-refractivity contribution >= 4 is 34.2 Å². The Hall–Kier alpha value is -1.04. The Bertz CT molecular complexity index is 512. The Morgan fingerprint density at radius 3 is 3.06 bits per heavy atom. The second kappa shape index (κ2) is 4.01. The normalized spacial score (nSPS) is 29.4. The summed E-state index contributed by atoms with van der Waals surface area (Å²) < 4.78 is 1.06. The zero-order chi connectivity index (χ0) is 12.0. The highest BCUT2D eigenvalue weighted by molar-refractivity contribution is 14.1. The van der Waals surface area contributed by atoms with Gasteiger partial charge < -0.3 is 15.2 Å². The van der Waals surface area contributed by atoms with Crippen molar-refractivity contribution < 1.29 is 9.90 Å². The van der Waals surface area contributed by atoms with E-state index in [9.17, 15) is 9.90 Å². The van der Waals surface area contributed by atoms with E-state index in [0.29, 0.717) is 0 Å². The fraction of sp³-hybridized carbons (Fsp3) is 0.308. The van der Waals surface area contributed by atoms with Crippen molar-refractivity contribution in [1.29, 1.82) is 0 Å². The van der Waals surface area contributed by atoms with Crippen molar-refractivity contribution in [1.82, 2.24) is 0 Å². The van der Waals surface area contributed by atoms with Crippen LogP contribution in [0.25, 0.3) is 0 Å². The van der Waals surface area contributed by atoms with Crippen molar-refractivity contribution in [2.24, 2.45) is 5.92 Å². The van der Waals surface area contributed by atoms with Crippen molar-refractivity contribution in [2.45, 2.75) is 18.4 Å².